The van der Waals surface area contributed by atoms with Crippen LogP contribution in [0, 0.1) is 0 Å². The van der Waals surface area contributed by atoms with E-state index >= 15 is 0 Å². The fourth-order valence-corrected chi connectivity index (χ4v) is 6.11. The molecule has 118 valence electrons. The van der Waals surface area contributed by atoms with E-state index in [9.17, 15) is 0 Å². The molecular formula is C16H24Cl2O2Si. The molecule has 0 bridgehead atoms. The standard InChI is InChI=1S/C16H24Cl2O2Si/c1-4-21(5-2,6-3)20-16(10-11-16)12-19-14-9-7-8-13(17)15(14)18/h7-9H,4-6,10-12H2,1-3H3. The van der Waals surface area contributed by atoms with Crippen LogP contribution in [0.3, 0.4) is 0 Å². The monoisotopic (exact) mass is 346 g/mol. The van der Waals surface area contributed by atoms with E-state index in [-0.39, 0.29) is 5.60 Å². The molecule has 1 fully saturated rings. The molecule has 5 heteroatoms. The molecule has 0 N–H and O–H groups in total. The summed E-state index contributed by atoms with van der Waals surface area (Å²) in [5.74, 6) is 0.649. The van der Waals surface area contributed by atoms with Crippen molar-refractivity contribution in [1.82, 2.24) is 0 Å². The summed E-state index contributed by atoms with van der Waals surface area (Å²) in [6.07, 6.45) is 2.17. The molecule has 2 rings (SSSR count). The summed E-state index contributed by atoms with van der Waals surface area (Å²) in [6, 6.07) is 8.98. The molecule has 0 saturated heterocycles. The minimum absolute atomic E-state index is 0.0834. The first-order valence-electron chi connectivity index (χ1n) is 7.77. The zero-order valence-corrected chi connectivity index (χ0v) is 15.6. The number of halogens is 2. The third-order valence-corrected chi connectivity index (χ3v) is 10.1. The Morgan fingerprint density at radius 3 is 2.24 bits per heavy atom. The summed E-state index contributed by atoms with van der Waals surface area (Å²) < 4.78 is 12.5. The van der Waals surface area contributed by atoms with Gasteiger partial charge in [-0.1, -0.05) is 50.0 Å². The topological polar surface area (TPSA) is 18.5 Å². The molecule has 21 heavy (non-hydrogen) atoms. The predicted molar refractivity (Wildman–Crippen MR) is 92.2 cm³/mol. The molecule has 1 aliphatic carbocycles. The molecule has 0 amide bonds. The molecule has 0 aliphatic heterocycles. The van der Waals surface area contributed by atoms with Crippen molar-refractivity contribution in [3.8, 4) is 5.75 Å². The van der Waals surface area contributed by atoms with Crippen LogP contribution < -0.4 is 4.74 Å². The van der Waals surface area contributed by atoms with Crippen LogP contribution in [-0.4, -0.2) is 20.5 Å². The molecule has 1 aromatic rings. The third kappa shape index (κ3) is 3.95. The summed E-state index contributed by atoms with van der Waals surface area (Å²) in [5, 5.41) is 1.01. The van der Waals surface area contributed by atoms with Gasteiger partial charge in [0.05, 0.1) is 10.6 Å². The van der Waals surface area contributed by atoms with Crippen molar-refractivity contribution in [2.75, 3.05) is 6.61 Å². The highest BCUT2D eigenvalue weighted by molar-refractivity contribution is 6.73. The van der Waals surface area contributed by atoms with Crippen molar-refractivity contribution in [1.29, 1.82) is 0 Å². The van der Waals surface area contributed by atoms with Crippen molar-refractivity contribution in [3.05, 3.63) is 28.2 Å². The molecule has 0 heterocycles. The maximum atomic E-state index is 6.61. The van der Waals surface area contributed by atoms with E-state index in [1.807, 2.05) is 12.1 Å². The highest BCUT2D eigenvalue weighted by Crippen LogP contribution is 2.45. The maximum Gasteiger partial charge on any atom is 0.193 e. The molecule has 1 aromatic carbocycles. The number of ether oxygens (including phenoxy) is 1. The molecule has 0 aromatic heterocycles. The number of rotatable bonds is 8. The number of hydrogen-bond donors (Lipinski definition) is 0. The average Bonchev–Trinajstić information content (AvgIpc) is 3.27. The van der Waals surface area contributed by atoms with Gasteiger partial charge in [-0.25, -0.2) is 0 Å². The Bertz CT molecular complexity index is 477. The zero-order valence-electron chi connectivity index (χ0n) is 13.0. The summed E-state index contributed by atoms with van der Waals surface area (Å²) in [7, 11) is -1.59. The van der Waals surface area contributed by atoms with Crippen LogP contribution >= 0.6 is 23.2 Å². The van der Waals surface area contributed by atoms with E-state index in [0.29, 0.717) is 22.4 Å². The Hall–Kier alpha value is -0.223. The van der Waals surface area contributed by atoms with Crippen LogP contribution in [0.25, 0.3) is 0 Å². The largest absolute Gasteiger partial charge is 0.489 e. The first-order valence-corrected chi connectivity index (χ1v) is 11.1. The van der Waals surface area contributed by atoms with Crippen molar-refractivity contribution >= 4 is 31.5 Å². The second kappa shape index (κ2) is 6.91. The summed E-state index contributed by atoms with van der Waals surface area (Å²) >= 11 is 12.2. The van der Waals surface area contributed by atoms with Crippen molar-refractivity contribution in [2.24, 2.45) is 0 Å². The van der Waals surface area contributed by atoms with E-state index in [1.165, 1.54) is 18.1 Å². The van der Waals surface area contributed by atoms with Gasteiger partial charge in [-0.15, -0.1) is 0 Å². The first-order chi connectivity index (χ1) is 10.00. The van der Waals surface area contributed by atoms with Crippen LogP contribution in [-0.2, 0) is 4.43 Å². The van der Waals surface area contributed by atoms with Gasteiger partial charge in [-0.05, 0) is 43.1 Å². The van der Waals surface area contributed by atoms with Gasteiger partial charge >= 0.3 is 0 Å². The first kappa shape index (κ1) is 17.1. The Labute approximate surface area is 138 Å². The van der Waals surface area contributed by atoms with Gasteiger partial charge < -0.3 is 9.16 Å². The number of benzene rings is 1. The van der Waals surface area contributed by atoms with Gasteiger partial charge in [-0.3, -0.25) is 0 Å². The normalized spacial score (nSPS) is 16.8. The minimum Gasteiger partial charge on any atom is -0.489 e. The van der Waals surface area contributed by atoms with Crippen molar-refractivity contribution in [3.63, 3.8) is 0 Å². The molecule has 0 unspecified atom stereocenters. The fourth-order valence-electron chi connectivity index (χ4n) is 2.65. The van der Waals surface area contributed by atoms with Crippen LogP contribution in [0.2, 0.25) is 28.2 Å². The maximum absolute atomic E-state index is 6.61. The quantitative estimate of drug-likeness (QED) is 0.543. The van der Waals surface area contributed by atoms with E-state index in [0.717, 1.165) is 12.8 Å². The molecule has 2 nitrogen and oxygen atoms in total. The second-order valence-electron chi connectivity index (χ2n) is 5.87. The van der Waals surface area contributed by atoms with Crippen molar-refractivity contribution < 1.29 is 9.16 Å². The average molecular weight is 347 g/mol. The van der Waals surface area contributed by atoms with Crippen LogP contribution in [0.5, 0.6) is 5.75 Å². The van der Waals surface area contributed by atoms with Gasteiger partial charge in [0.15, 0.2) is 8.32 Å². The van der Waals surface area contributed by atoms with Crippen LogP contribution in [0.4, 0.5) is 0 Å². The van der Waals surface area contributed by atoms with Gasteiger partial charge in [0, 0.05) is 0 Å². The Morgan fingerprint density at radius 1 is 1.10 bits per heavy atom. The molecule has 1 saturated carbocycles. The smallest absolute Gasteiger partial charge is 0.193 e. The van der Waals surface area contributed by atoms with Gasteiger partial charge in [0.25, 0.3) is 0 Å². The Kier molecular flexibility index (Phi) is 5.63. The minimum atomic E-state index is -1.59. The van der Waals surface area contributed by atoms with Crippen molar-refractivity contribution in [2.45, 2.75) is 57.3 Å². The highest BCUT2D eigenvalue weighted by Gasteiger charge is 2.50. The molecule has 0 radical (unpaired) electrons. The summed E-state index contributed by atoms with van der Waals surface area (Å²) in [5.41, 5.74) is -0.0834. The van der Waals surface area contributed by atoms with Crippen LogP contribution in [0.15, 0.2) is 18.2 Å². The second-order valence-corrected chi connectivity index (χ2v) is 11.3. The van der Waals surface area contributed by atoms with E-state index in [1.54, 1.807) is 6.07 Å². The van der Waals surface area contributed by atoms with Gasteiger partial charge in [0.1, 0.15) is 17.4 Å². The third-order valence-electron chi connectivity index (χ3n) is 4.58. The lowest BCUT2D eigenvalue weighted by Crippen LogP contribution is -2.43. The van der Waals surface area contributed by atoms with E-state index in [4.69, 9.17) is 32.4 Å². The summed E-state index contributed by atoms with van der Waals surface area (Å²) in [4.78, 5) is 0. The Morgan fingerprint density at radius 2 is 1.71 bits per heavy atom. The molecule has 0 atom stereocenters. The lowest BCUT2D eigenvalue weighted by atomic mass is 10.3. The predicted octanol–water partition coefficient (Wildman–Crippen LogP) is 5.93. The molecule has 1 aliphatic rings. The molecule has 0 spiro atoms. The summed E-state index contributed by atoms with van der Waals surface area (Å²) in [6.45, 7) is 7.33. The number of hydrogen-bond acceptors (Lipinski definition) is 2. The zero-order chi connectivity index (χ0) is 15.5. The van der Waals surface area contributed by atoms with Crippen LogP contribution in [0.1, 0.15) is 33.6 Å². The molecular weight excluding hydrogens is 323 g/mol. The Balaban J connectivity index is 2.01. The lowest BCUT2D eigenvalue weighted by molar-refractivity contribution is 0.0972. The van der Waals surface area contributed by atoms with Gasteiger partial charge in [0.2, 0.25) is 0 Å². The fraction of sp³-hybridized carbons (Fsp3) is 0.625. The lowest BCUT2D eigenvalue weighted by Gasteiger charge is -2.33. The highest BCUT2D eigenvalue weighted by atomic mass is 35.5. The van der Waals surface area contributed by atoms with E-state index < -0.39 is 8.32 Å². The van der Waals surface area contributed by atoms with Gasteiger partial charge in [-0.2, -0.15) is 0 Å². The van der Waals surface area contributed by atoms with E-state index in [2.05, 4.69) is 20.8 Å². The SMILES string of the molecule is CC[Si](CC)(CC)OC1(COc2cccc(Cl)c2Cl)CC1.